The average Bonchev–Trinajstić information content (AvgIpc) is 3.08. The molecule has 27 heavy (non-hydrogen) atoms. The van der Waals surface area contributed by atoms with E-state index in [0.29, 0.717) is 5.16 Å². The van der Waals surface area contributed by atoms with E-state index < -0.39 is 5.25 Å². The summed E-state index contributed by atoms with van der Waals surface area (Å²) in [5, 5.41) is 11.5. The number of benzene rings is 2. The van der Waals surface area contributed by atoms with E-state index in [1.807, 2.05) is 66.2 Å². The lowest BCUT2D eigenvalue weighted by atomic mass is 10.0. The number of carbonyl (C=O) groups excluding carboxylic acids is 1. The molecule has 2 N–H and O–H groups in total. The van der Waals surface area contributed by atoms with Gasteiger partial charge in [0.1, 0.15) is 16.8 Å². The zero-order valence-electron chi connectivity index (χ0n) is 14.9. The van der Waals surface area contributed by atoms with E-state index in [1.54, 1.807) is 7.11 Å². The van der Waals surface area contributed by atoms with Gasteiger partial charge < -0.3 is 15.5 Å². The van der Waals surface area contributed by atoms with E-state index in [4.69, 9.17) is 4.74 Å². The highest BCUT2D eigenvalue weighted by Crippen LogP contribution is 2.37. The second-order valence-electron chi connectivity index (χ2n) is 6.14. The number of amides is 1. The summed E-state index contributed by atoms with van der Waals surface area (Å²) in [6, 6.07) is 16.9. The van der Waals surface area contributed by atoms with Gasteiger partial charge in [-0.3, -0.25) is 4.79 Å². The molecule has 2 unspecified atom stereocenters. The van der Waals surface area contributed by atoms with Gasteiger partial charge in [-0.25, -0.2) is 4.68 Å². The Kier molecular flexibility index (Phi) is 4.72. The number of ether oxygens (including phenoxy) is 1. The third-order valence-electron chi connectivity index (χ3n) is 4.37. The summed E-state index contributed by atoms with van der Waals surface area (Å²) in [4.78, 5) is 13.0. The Morgan fingerprint density at radius 1 is 1.15 bits per heavy atom. The number of aromatic nitrogens is 3. The third kappa shape index (κ3) is 3.48. The van der Waals surface area contributed by atoms with Crippen LogP contribution in [0.1, 0.15) is 17.4 Å². The number of para-hydroxylation sites is 1. The summed E-state index contributed by atoms with van der Waals surface area (Å²) in [6.45, 7) is 1.87. The SMILES string of the molecule is COc1ccc(C2Nn3c(C)nnc3SC2C(=O)Nc2ccccc2)cc1. The van der Waals surface area contributed by atoms with E-state index in [-0.39, 0.29) is 11.9 Å². The third-order valence-corrected chi connectivity index (χ3v) is 5.59. The van der Waals surface area contributed by atoms with Crippen molar-refractivity contribution >= 4 is 23.4 Å². The van der Waals surface area contributed by atoms with E-state index in [9.17, 15) is 4.79 Å². The fourth-order valence-electron chi connectivity index (χ4n) is 2.96. The Labute approximate surface area is 161 Å². The Morgan fingerprint density at radius 3 is 2.59 bits per heavy atom. The largest absolute Gasteiger partial charge is 0.497 e. The summed E-state index contributed by atoms with van der Waals surface area (Å²) in [6.07, 6.45) is 0. The van der Waals surface area contributed by atoms with Gasteiger partial charge in [0.15, 0.2) is 0 Å². The van der Waals surface area contributed by atoms with Crippen LogP contribution < -0.4 is 15.5 Å². The van der Waals surface area contributed by atoms with Crippen molar-refractivity contribution in [2.45, 2.75) is 23.4 Å². The molecule has 7 nitrogen and oxygen atoms in total. The van der Waals surface area contributed by atoms with Crippen molar-refractivity contribution in [2.75, 3.05) is 17.9 Å². The van der Waals surface area contributed by atoms with Gasteiger partial charge in [0.25, 0.3) is 0 Å². The minimum Gasteiger partial charge on any atom is -0.497 e. The number of fused-ring (bicyclic) bond motifs is 1. The predicted octanol–water partition coefficient (Wildman–Crippen LogP) is 2.99. The minimum atomic E-state index is -0.408. The van der Waals surface area contributed by atoms with Crippen molar-refractivity contribution in [1.82, 2.24) is 14.9 Å². The first-order chi connectivity index (χ1) is 13.2. The van der Waals surface area contributed by atoms with Crippen LogP contribution >= 0.6 is 11.8 Å². The van der Waals surface area contributed by atoms with E-state index in [1.165, 1.54) is 11.8 Å². The fourth-order valence-corrected chi connectivity index (χ4v) is 4.08. The maximum absolute atomic E-state index is 13.0. The molecule has 0 aliphatic carbocycles. The maximum atomic E-state index is 13.0. The van der Waals surface area contributed by atoms with Crippen LogP contribution in [0, 0.1) is 6.92 Å². The second-order valence-corrected chi connectivity index (χ2v) is 7.25. The Bertz CT molecular complexity index is 942. The quantitative estimate of drug-likeness (QED) is 0.723. The van der Waals surface area contributed by atoms with Crippen molar-refractivity contribution in [3.63, 3.8) is 0 Å². The average molecular weight is 381 g/mol. The Morgan fingerprint density at radius 2 is 1.89 bits per heavy atom. The number of aryl methyl sites for hydroxylation is 1. The zero-order valence-corrected chi connectivity index (χ0v) is 15.7. The van der Waals surface area contributed by atoms with Crippen LogP contribution in [0.15, 0.2) is 59.8 Å². The van der Waals surface area contributed by atoms with Gasteiger partial charge >= 0.3 is 0 Å². The Balaban J connectivity index is 1.66. The number of thioether (sulfide) groups is 1. The normalized spacial score (nSPS) is 18.3. The van der Waals surface area contributed by atoms with Gasteiger partial charge in [-0.15, -0.1) is 10.2 Å². The molecule has 2 atom stereocenters. The second kappa shape index (κ2) is 7.32. The summed E-state index contributed by atoms with van der Waals surface area (Å²) in [5.41, 5.74) is 5.13. The number of rotatable bonds is 4. The van der Waals surface area contributed by atoms with Crippen molar-refractivity contribution in [3.05, 3.63) is 66.0 Å². The van der Waals surface area contributed by atoms with Crippen molar-refractivity contribution < 1.29 is 9.53 Å². The van der Waals surface area contributed by atoms with Gasteiger partial charge in [0, 0.05) is 5.69 Å². The van der Waals surface area contributed by atoms with Gasteiger partial charge in [-0.05, 0) is 36.8 Å². The predicted molar refractivity (Wildman–Crippen MR) is 105 cm³/mol. The molecule has 1 aliphatic heterocycles. The number of hydrogen-bond donors (Lipinski definition) is 2. The number of hydrogen-bond acceptors (Lipinski definition) is 6. The monoisotopic (exact) mass is 381 g/mol. The molecule has 1 aromatic heterocycles. The number of anilines is 1. The van der Waals surface area contributed by atoms with Crippen LogP contribution in [0.5, 0.6) is 5.75 Å². The van der Waals surface area contributed by atoms with Crippen molar-refractivity contribution in [3.8, 4) is 5.75 Å². The van der Waals surface area contributed by atoms with Crippen LogP contribution in [0.3, 0.4) is 0 Å². The minimum absolute atomic E-state index is 0.0913. The maximum Gasteiger partial charge on any atom is 0.240 e. The van der Waals surface area contributed by atoms with Gasteiger partial charge in [0.05, 0.1) is 13.2 Å². The lowest BCUT2D eigenvalue weighted by Crippen LogP contribution is -2.41. The molecule has 0 spiro atoms. The molecule has 4 rings (SSSR count). The number of methoxy groups -OCH3 is 1. The highest BCUT2D eigenvalue weighted by atomic mass is 32.2. The fraction of sp³-hybridized carbons (Fsp3) is 0.211. The lowest BCUT2D eigenvalue weighted by molar-refractivity contribution is -0.116. The molecule has 0 saturated carbocycles. The molecular weight excluding hydrogens is 362 g/mol. The molecule has 0 bridgehead atoms. The standard InChI is InChI=1S/C19H19N5O2S/c1-12-21-22-19-24(12)23-16(13-8-10-15(26-2)11-9-13)17(27-19)18(25)20-14-6-4-3-5-7-14/h3-11,16-17,23H,1-2H3,(H,20,25). The van der Waals surface area contributed by atoms with E-state index in [0.717, 1.165) is 22.8 Å². The molecule has 8 heteroatoms. The van der Waals surface area contributed by atoms with E-state index >= 15 is 0 Å². The van der Waals surface area contributed by atoms with Crippen molar-refractivity contribution in [2.24, 2.45) is 0 Å². The molecule has 2 aromatic carbocycles. The molecule has 0 saturated heterocycles. The number of nitrogens with one attached hydrogen (secondary N) is 2. The van der Waals surface area contributed by atoms with Crippen LogP contribution in [0.2, 0.25) is 0 Å². The van der Waals surface area contributed by atoms with Gasteiger partial charge in [-0.1, -0.05) is 42.1 Å². The molecule has 2 heterocycles. The number of carbonyl (C=O) groups is 1. The molecule has 3 aromatic rings. The summed E-state index contributed by atoms with van der Waals surface area (Å²) in [7, 11) is 1.63. The number of nitrogens with zero attached hydrogens (tertiary/aromatic N) is 3. The molecule has 1 amide bonds. The van der Waals surface area contributed by atoms with E-state index in [2.05, 4.69) is 20.9 Å². The molecule has 1 aliphatic rings. The first kappa shape index (κ1) is 17.4. The summed E-state index contributed by atoms with van der Waals surface area (Å²) >= 11 is 1.40. The topological polar surface area (TPSA) is 81.1 Å². The van der Waals surface area contributed by atoms with Crippen LogP contribution in [-0.4, -0.2) is 33.1 Å². The van der Waals surface area contributed by atoms with Crippen LogP contribution in [-0.2, 0) is 4.79 Å². The van der Waals surface area contributed by atoms with Crippen molar-refractivity contribution in [1.29, 1.82) is 0 Å². The molecule has 0 radical (unpaired) electrons. The summed E-state index contributed by atoms with van der Waals surface area (Å²) < 4.78 is 7.07. The molecule has 0 fully saturated rings. The Hall–Kier alpha value is -3.00. The molecule has 138 valence electrons. The zero-order chi connectivity index (χ0) is 18.8. The highest BCUT2D eigenvalue weighted by Gasteiger charge is 2.37. The molecular formula is C19H19N5O2S. The van der Waals surface area contributed by atoms with Crippen LogP contribution in [0.25, 0.3) is 0 Å². The van der Waals surface area contributed by atoms with Gasteiger partial charge in [0.2, 0.25) is 11.1 Å². The summed E-state index contributed by atoms with van der Waals surface area (Å²) in [5.74, 6) is 1.43. The first-order valence-electron chi connectivity index (χ1n) is 8.51. The lowest BCUT2D eigenvalue weighted by Gasteiger charge is -2.32. The first-order valence-corrected chi connectivity index (χ1v) is 9.39. The highest BCUT2D eigenvalue weighted by molar-refractivity contribution is 8.00. The van der Waals surface area contributed by atoms with Gasteiger partial charge in [-0.2, -0.15) is 0 Å². The smallest absolute Gasteiger partial charge is 0.240 e. The van der Waals surface area contributed by atoms with Crippen LogP contribution in [0.4, 0.5) is 5.69 Å².